The molecule has 0 saturated heterocycles. The van der Waals surface area contributed by atoms with Crippen LogP contribution in [0.25, 0.3) is 11.1 Å². The Hall–Kier alpha value is -2.58. The van der Waals surface area contributed by atoms with E-state index in [0.29, 0.717) is 8.59 Å². The molecule has 5 nitrogen and oxygen atoms in total. The fourth-order valence-corrected chi connectivity index (χ4v) is 4.20. The minimum absolute atomic E-state index is 0.0488. The lowest BCUT2D eigenvalue weighted by atomic mass is 9.98. The number of carboxylic acid groups (broad SMARTS) is 1. The summed E-state index contributed by atoms with van der Waals surface area (Å²) in [7, 11) is 0. The Balaban J connectivity index is 1.53. The molecule has 1 aliphatic rings. The molecule has 0 heterocycles. The van der Waals surface area contributed by atoms with Gasteiger partial charge in [0.1, 0.15) is 6.61 Å². The number of aromatic carboxylic acids is 1. The number of fused-ring (bicyclic) bond motifs is 3. The summed E-state index contributed by atoms with van der Waals surface area (Å²) in [6.45, 7) is 0.139. The number of halogens is 2. The Morgan fingerprint density at radius 1 is 1.03 bits per heavy atom. The topological polar surface area (TPSA) is 75.6 Å². The number of hydrogen-bond acceptors (Lipinski definition) is 3. The molecule has 0 bridgehead atoms. The van der Waals surface area contributed by atoms with Crippen LogP contribution in [0.1, 0.15) is 27.4 Å². The number of carbonyl (C=O) groups excluding carboxylic acids is 1. The van der Waals surface area contributed by atoms with Crippen LogP contribution in [-0.2, 0) is 4.74 Å². The molecule has 1 amide bonds. The molecule has 0 aliphatic heterocycles. The smallest absolute Gasteiger partial charge is 0.411 e. The van der Waals surface area contributed by atoms with Crippen LogP contribution in [0.5, 0.6) is 0 Å². The first-order chi connectivity index (χ1) is 14.0. The Morgan fingerprint density at radius 3 is 2.21 bits per heavy atom. The minimum Gasteiger partial charge on any atom is -0.478 e. The Morgan fingerprint density at radius 2 is 1.62 bits per heavy atom. The zero-order chi connectivity index (χ0) is 20.5. The van der Waals surface area contributed by atoms with Gasteiger partial charge in [-0.3, -0.25) is 5.32 Å². The van der Waals surface area contributed by atoms with E-state index in [1.807, 2.05) is 59.0 Å². The minimum atomic E-state index is -1.16. The summed E-state index contributed by atoms with van der Waals surface area (Å²) in [4.78, 5) is 23.9. The maximum atomic E-state index is 12.4. The standard InChI is InChI=1S/C22H15ClINO4/c23-18-10-20(16(21(26)27)9-19(18)24)25-22(28)29-11-17-14-7-3-1-5-12(14)13-6-2-4-8-15(13)17/h1-10,17H,11H2,(H,25,28)(H,26,27). The van der Waals surface area contributed by atoms with Crippen molar-refractivity contribution in [2.45, 2.75) is 5.92 Å². The zero-order valence-corrected chi connectivity index (χ0v) is 17.9. The van der Waals surface area contributed by atoms with Gasteiger partial charge >= 0.3 is 12.1 Å². The Bertz CT molecular complexity index is 1090. The number of carbonyl (C=O) groups is 2. The van der Waals surface area contributed by atoms with E-state index in [2.05, 4.69) is 17.4 Å². The molecule has 0 spiro atoms. The summed E-state index contributed by atoms with van der Waals surface area (Å²) in [5.74, 6) is -1.24. The number of anilines is 1. The second-order valence-electron chi connectivity index (χ2n) is 6.57. The maximum absolute atomic E-state index is 12.4. The predicted octanol–water partition coefficient (Wildman–Crippen LogP) is 6.00. The van der Waals surface area contributed by atoms with Crippen molar-refractivity contribution in [3.63, 3.8) is 0 Å². The van der Waals surface area contributed by atoms with Gasteiger partial charge in [-0.2, -0.15) is 0 Å². The van der Waals surface area contributed by atoms with Crippen LogP contribution >= 0.6 is 34.2 Å². The quantitative estimate of drug-likeness (QED) is 0.414. The number of amides is 1. The molecule has 0 atom stereocenters. The van der Waals surface area contributed by atoms with Crippen LogP contribution in [0.2, 0.25) is 5.02 Å². The second kappa shape index (κ2) is 8.04. The third-order valence-electron chi connectivity index (χ3n) is 4.87. The first-order valence-corrected chi connectivity index (χ1v) is 10.3. The Labute approximate surface area is 185 Å². The average Bonchev–Trinajstić information content (AvgIpc) is 3.03. The second-order valence-corrected chi connectivity index (χ2v) is 8.14. The van der Waals surface area contributed by atoms with Crippen molar-refractivity contribution in [2.24, 2.45) is 0 Å². The van der Waals surface area contributed by atoms with Crippen molar-refractivity contribution in [1.29, 1.82) is 0 Å². The van der Waals surface area contributed by atoms with Crippen LogP contribution in [0.3, 0.4) is 0 Å². The summed E-state index contributed by atoms with van der Waals surface area (Å²) < 4.78 is 6.04. The molecule has 3 aromatic rings. The monoisotopic (exact) mass is 519 g/mol. The SMILES string of the molecule is O=C(Nc1cc(Cl)c(I)cc1C(=O)O)OCC1c2ccccc2-c2ccccc21. The normalized spacial score (nSPS) is 12.2. The molecular formula is C22H15ClINO4. The third kappa shape index (κ3) is 3.82. The molecule has 2 N–H and O–H groups in total. The van der Waals surface area contributed by atoms with Crippen LogP contribution in [0.15, 0.2) is 60.7 Å². The molecule has 4 rings (SSSR count). The number of ether oxygens (including phenoxy) is 1. The highest BCUT2D eigenvalue weighted by atomic mass is 127. The van der Waals surface area contributed by atoms with E-state index in [1.165, 1.54) is 12.1 Å². The Kier molecular flexibility index (Phi) is 5.47. The van der Waals surface area contributed by atoms with Gasteiger partial charge in [0.05, 0.1) is 16.3 Å². The number of benzene rings is 3. The lowest BCUT2D eigenvalue weighted by Gasteiger charge is -2.15. The largest absolute Gasteiger partial charge is 0.478 e. The van der Waals surface area contributed by atoms with E-state index in [4.69, 9.17) is 16.3 Å². The van der Waals surface area contributed by atoms with Crippen molar-refractivity contribution in [3.8, 4) is 11.1 Å². The van der Waals surface area contributed by atoms with E-state index >= 15 is 0 Å². The first-order valence-electron chi connectivity index (χ1n) is 8.80. The van der Waals surface area contributed by atoms with E-state index in [1.54, 1.807) is 0 Å². The highest BCUT2D eigenvalue weighted by molar-refractivity contribution is 14.1. The van der Waals surface area contributed by atoms with Crippen LogP contribution in [0, 0.1) is 3.57 Å². The molecule has 7 heteroatoms. The number of hydrogen-bond donors (Lipinski definition) is 2. The maximum Gasteiger partial charge on any atom is 0.411 e. The molecule has 146 valence electrons. The van der Waals surface area contributed by atoms with Crippen LogP contribution in [-0.4, -0.2) is 23.8 Å². The average molecular weight is 520 g/mol. The lowest BCUT2D eigenvalue weighted by Crippen LogP contribution is -2.19. The molecule has 0 saturated carbocycles. The van der Waals surface area contributed by atoms with Gasteiger partial charge in [-0.1, -0.05) is 60.1 Å². The van der Waals surface area contributed by atoms with Gasteiger partial charge in [0.15, 0.2) is 0 Å². The summed E-state index contributed by atoms with van der Waals surface area (Å²) in [6.07, 6.45) is -0.730. The number of carboxylic acids is 1. The highest BCUT2D eigenvalue weighted by Crippen LogP contribution is 2.44. The van der Waals surface area contributed by atoms with Gasteiger partial charge in [0.2, 0.25) is 0 Å². The molecule has 0 unspecified atom stereocenters. The van der Waals surface area contributed by atoms with E-state index in [9.17, 15) is 14.7 Å². The first kappa shape index (κ1) is 19.7. The summed E-state index contributed by atoms with van der Waals surface area (Å²) in [5.41, 5.74) is 4.52. The molecule has 0 aromatic heterocycles. The van der Waals surface area contributed by atoms with Gasteiger partial charge in [-0.15, -0.1) is 0 Å². The molecule has 0 radical (unpaired) electrons. The summed E-state index contributed by atoms with van der Waals surface area (Å²) in [6, 6.07) is 18.9. The van der Waals surface area contributed by atoms with Crippen molar-refractivity contribution < 1.29 is 19.4 Å². The summed E-state index contributed by atoms with van der Waals surface area (Å²) in [5, 5.41) is 12.2. The fraction of sp³-hybridized carbons (Fsp3) is 0.0909. The number of nitrogens with one attached hydrogen (secondary N) is 1. The van der Waals surface area contributed by atoms with Gasteiger partial charge < -0.3 is 9.84 Å². The van der Waals surface area contributed by atoms with E-state index < -0.39 is 12.1 Å². The third-order valence-corrected chi connectivity index (χ3v) is 6.40. The van der Waals surface area contributed by atoms with Gasteiger partial charge in [0.25, 0.3) is 0 Å². The molecular weight excluding hydrogens is 505 g/mol. The zero-order valence-electron chi connectivity index (χ0n) is 15.0. The molecule has 3 aromatic carbocycles. The van der Waals surface area contributed by atoms with E-state index in [-0.39, 0.29) is 23.8 Å². The van der Waals surface area contributed by atoms with Gasteiger partial charge in [-0.25, -0.2) is 9.59 Å². The van der Waals surface area contributed by atoms with E-state index in [0.717, 1.165) is 22.3 Å². The highest BCUT2D eigenvalue weighted by Gasteiger charge is 2.29. The van der Waals surface area contributed by atoms with Crippen LogP contribution < -0.4 is 5.32 Å². The predicted molar refractivity (Wildman–Crippen MR) is 120 cm³/mol. The fourth-order valence-electron chi connectivity index (χ4n) is 3.57. The summed E-state index contributed by atoms with van der Waals surface area (Å²) >= 11 is 8.01. The van der Waals surface area contributed by atoms with Crippen LogP contribution in [0.4, 0.5) is 10.5 Å². The molecule has 29 heavy (non-hydrogen) atoms. The van der Waals surface area contributed by atoms with Crippen molar-refractivity contribution in [2.75, 3.05) is 11.9 Å². The van der Waals surface area contributed by atoms with Crippen molar-refractivity contribution in [1.82, 2.24) is 0 Å². The molecule has 0 fully saturated rings. The van der Waals surface area contributed by atoms with Gasteiger partial charge in [0, 0.05) is 9.49 Å². The lowest BCUT2D eigenvalue weighted by molar-refractivity contribution is 0.0698. The number of rotatable bonds is 4. The van der Waals surface area contributed by atoms with Crippen molar-refractivity contribution >= 4 is 51.9 Å². The molecule has 1 aliphatic carbocycles. The van der Waals surface area contributed by atoms with Crippen molar-refractivity contribution in [3.05, 3.63) is 85.9 Å². The van der Waals surface area contributed by atoms with Gasteiger partial charge in [-0.05, 0) is 57.0 Å².